The van der Waals surface area contributed by atoms with Crippen LogP contribution in [-0.2, 0) is 0 Å². The van der Waals surface area contributed by atoms with E-state index in [2.05, 4.69) is 12.2 Å². The second-order valence-electron chi connectivity index (χ2n) is 6.41. The van der Waals surface area contributed by atoms with Crippen molar-refractivity contribution in [2.45, 2.75) is 69.9 Å². The molecule has 0 spiro atoms. The summed E-state index contributed by atoms with van der Waals surface area (Å²) in [5.74, 6) is -0.195. The van der Waals surface area contributed by atoms with E-state index in [1.807, 2.05) is 12.1 Å². The molecule has 2 N–H and O–H groups in total. The molecule has 2 rings (SSSR count). The van der Waals surface area contributed by atoms with Gasteiger partial charge in [0.05, 0.1) is 5.60 Å². The molecule has 0 aliphatic heterocycles. The first-order valence-corrected chi connectivity index (χ1v) is 8.34. The highest BCUT2D eigenvalue weighted by molar-refractivity contribution is 5.20. The molecule has 118 valence electrons. The molecule has 0 radical (unpaired) electrons. The van der Waals surface area contributed by atoms with Crippen LogP contribution in [0.2, 0.25) is 0 Å². The van der Waals surface area contributed by atoms with Crippen molar-refractivity contribution in [3.05, 3.63) is 35.6 Å². The molecule has 1 atom stereocenters. The molecular formula is C18H28FNO. The van der Waals surface area contributed by atoms with Crippen molar-refractivity contribution in [2.75, 3.05) is 6.54 Å². The van der Waals surface area contributed by atoms with E-state index in [1.165, 1.54) is 18.6 Å². The summed E-state index contributed by atoms with van der Waals surface area (Å²) in [5, 5.41) is 14.1. The van der Waals surface area contributed by atoms with Crippen LogP contribution in [0.25, 0.3) is 0 Å². The molecule has 0 aromatic heterocycles. The molecule has 21 heavy (non-hydrogen) atoms. The Labute approximate surface area is 127 Å². The second kappa shape index (κ2) is 7.90. The number of hydrogen-bond acceptors (Lipinski definition) is 2. The van der Waals surface area contributed by atoms with Gasteiger partial charge in [0.2, 0.25) is 0 Å². The molecule has 1 aliphatic rings. The van der Waals surface area contributed by atoms with Gasteiger partial charge in [-0.15, -0.1) is 0 Å². The third-order valence-electron chi connectivity index (χ3n) is 4.58. The maximum absolute atomic E-state index is 13.1. The fraction of sp³-hybridized carbons (Fsp3) is 0.667. The van der Waals surface area contributed by atoms with Gasteiger partial charge in [0.1, 0.15) is 5.82 Å². The van der Waals surface area contributed by atoms with Gasteiger partial charge in [-0.05, 0) is 37.0 Å². The van der Waals surface area contributed by atoms with Gasteiger partial charge in [0, 0.05) is 12.6 Å². The van der Waals surface area contributed by atoms with Crippen molar-refractivity contribution in [1.82, 2.24) is 5.32 Å². The van der Waals surface area contributed by atoms with Gasteiger partial charge in [-0.1, -0.05) is 51.2 Å². The lowest BCUT2D eigenvalue weighted by molar-refractivity contribution is 0.00231. The molecule has 1 aliphatic carbocycles. The maximum atomic E-state index is 13.1. The van der Waals surface area contributed by atoms with Crippen molar-refractivity contribution in [3.8, 4) is 0 Å². The predicted molar refractivity (Wildman–Crippen MR) is 84.7 cm³/mol. The second-order valence-corrected chi connectivity index (χ2v) is 6.41. The van der Waals surface area contributed by atoms with Crippen LogP contribution < -0.4 is 5.32 Å². The third-order valence-corrected chi connectivity index (χ3v) is 4.58. The average molecular weight is 293 g/mol. The molecule has 0 heterocycles. The van der Waals surface area contributed by atoms with Gasteiger partial charge in [-0.2, -0.15) is 0 Å². The van der Waals surface area contributed by atoms with Crippen molar-refractivity contribution >= 4 is 0 Å². The monoisotopic (exact) mass is 293 g/mol. The van der Waals surface area contributed by atoms with Gasteiger partial charge >= 0.3 is 0 Å². The summed E-state index contributed by atoms with van der Waals surface area (Å²) in [5.41, 5.74) is 0.562. The highest BCUT2D eigenvalue weighted by Gasteiger charge is 2.29. The fourth-order valence-electron chi connectivity index (χ4n) is 3.19. The van der Waals surface area contributed by atoms with Crippen LogP contribution in [0.15, 0.2) is 24.3 Å². The van der Waals surface area contributed by atoms with Gasteiger partial charge < -0.3 is 10.4 Å². The highest BCUT2D eigenvalue weighted by atomic mass is 19.1. The Kier molecular flexibility index (Phi) is 6.19. The number of halogens is 1. The zero-order chi connectivity index (χ0) is 15.1. The standard InChI is InChI=1S/C18H28FNO/c1-2-3-7-17(15-8-10-16(19)11-9-15)20-14-18(21)12-5-4-6-13-18/h8-11,17,20-21H,2-7,12-14H2,1H3. The predicted octanol–water partition coefficient (Wildman–Crippen LogP) is 4.34. The molecule has 0 saturated heterocycles. The number of hydrogen-bond donors (Lipinski definition) is 2. The number of aliphatic hydroxyl groups is 1. The molecule has 2 nitrogen and oxygen atoms in total. The van der Waals surface area contributed by atoms with Gasteiger partial charge in [-0.3, -0.25) is 0 Å². The van der Waals surface area contributed by atoms with E-state index in [1.54, 1.807) is 0 Å². The van der Waals surface area contributed by atoms with Crippen LogP contribution in [0, 0.1) is 5.82 Å². The lowest BCUT2D eigenvalue weighted by Crippen LogP contribution is -2.43. The lowest BCUT2D eigenvalue weighted by atomic mass is 9.84. The number of benzene rings is 1. The Morgan fingerprint density at radius 3 is 2.48 bits per heavy atom. The number of nitrogens with one attached hydrogen (secondary N) is 1. The van der Waals surface area contributed by atoms with Crippen molar-refractivity contribution in [1.29, 1.82) is 0 Å². The van der Waals surface area contributed by atoms with E-state index in [4.69, 9.17) is 0 Å². The summed E-state index contributed by atoms with van der Waals surface area (Å²) in [4.78, 5) is 0. The maximum Gasteiger partial charge on any atom is 0.123 e. The first kappa shape index (κ1) is 16.4. The van der Waals surface area contributed by atoms with Gasteiger partial charge in [0.15, 0.2) is 0 Å². The van der Waals surface area contributed by atoms with Crippen molar-refractivity contribution in [2.24, 2.45) is 0 Å². The van der Waals surface area contributed by atoms with E-state index in [-0.39, 0.29) is 11.9 Å². The Balaban J connectivity index is 1.97. The van der Waals surface area contributed by atoms with E-state index in [0.717, 1.165) is 50.5 Å². The minimum atomic E-state index is -0.553. The van der Waals surface area contributed by atoms with Gasteiger partial charge in [-0.25, -0.2) is 4.39 Å². The quantitative estimate of drug-likeness (QED) is 0.783. The fourth-order valence-corrected chi connectivity index (χ4v) is 3.19. The minimum absolute atomic E-state index is 0.195. The molecule has 0 bridgehead atoms. The Hall–Kier alpha value is -0.930. The van der Waals surface area contributed by atoms with Crippen LogP contribution in [0.5, 0.6) is 0 Å². The molecule has 1 unspecified atom stereocenters. The largest absolute Gasteiger partial charge is 0.389 e. The van der Waals surface area contributed by atoms with Crippen molar-refractivity contribution < 1.29 is 9.50 Å². The molecule has 1 fully saturated rings. The summed E-state index contributed by atoms with van der Waals surface area (Å²) in [6.45, 7) is 2.81. The van der Waals surface area contributed by atoms with E-state index in [0.29, 0.717) is 6.54 Å². The topological polar surface area (TPSA) is 32.3 Å². The molecule has 3 heteroatoms. The lowest BCUT2D eigenvalue weighted by Gasteiger charge is -2.34. The summed E-state index contributed by atoms with van der Waals surface area (Å²) in [6.07, 6.45) is 8.56. The zero-order valence-corrected chi connectivity index (χ0v) is 13.1. The van der Waals surface area contributed by atoms with Crippen LogP contribution in [0.4, 0.5) is 4.39 Å². The van der Waals surface area contributed by atoms with Crippen LogP contribution in [0.3, 0.4) is 0 Å². The van der Waals surface area contributed by atoms with Crippen molar-refractivity contribution in [3.63, 3.8) is 0 Å². The van der Waals surface area contributed by atoms with E-state index in [9.17, 15) is 9.50 Å². The Morgan fingerprint density at radius 2 is 1.86 bits per heavy atom. The summed E-state index contributed by atoms with van der Waals surface area (Å²) >= 11 is 0. The summed E-state index contributed by atoms with van der Waals surface area (Å²) in [6, 6.07) is 6.95. The first-order chi connectivity index (χ1) is 10.1. The highest BCUT2D eigenvalue weighted by Crippen LogP contribution is 2.29. The number of rotatable bonds is 7. The van der Waals surface area contributed by atoms with Crippen LogP contribution in [-0.4, -0.2) is 17.3 Å². The molecule has 1 aromatic rings. The normalized spacial score (nSPS) is 19.4. The van der Waals surface area contributed by atoms with Crippen LogP contribution in [0.1, 0.15) is 69.9 Å². The Morgan fingerprint density at radius 1 is 1.19 bits per heavy atom. The Bertz CT molecular complexity index is 412. The summed E-state index contributed by atoms with van der Waals surface area (Å²) in [7, 11) is 0. The third kappa shape index (κ3) is 5.08. The average Bonchev–Trinajstić information content (AvgIpc) is 2.49. The zero-order valence-electron chi connectivity index (χ0n) is 13.1. The molecule has 0 amide bonds. The molecule has 1 saturated carbocycles. The van der Waals surface area contributed by atoms with E-state index >= 15 is 0 Å². The molecular weight excluding hydrogens is 265 g/mol. The van der Waals surface area contributed by atoms with Crippen LogP contribution >= 0.6 is 0 Å². The minimum Gasteiger partial charge on any atom is -0.389 e. The number of unbranched alkanes of at least 4 members (excludes halogenated alkanes) is 1. The smallest absolute Gasteiger partial charge is 0.123 e. The van der Waals surface area contributed by atoms with Gasteiger partial charge in [0.25, 0.3) is 0 Å². The SMILES string of the molecule is CCCCC(NCC1(O)CCCCC1)c1ccc(F)cc1. The summed E-state index contributed by atoms with van der Waals surface area (Å²) < 4.78 is 13.1. The first-order valence-electron chi connectivity index (χ1n) is 8.34. The molecule has 1 aromatic carbocycles. The van der Waals surface area contributed by atoms with E-state index < -0.39 is 5.60 Å².